The van der Waals surface area contributed by atoms with E-state index in [9.17, 15) is 0 Å². The number of nitrogens with zero attached hydrogens (tertiary/aromatic N) is 3. The van der Waals surface area contributed by atoms with Crippen LogP contribution in [0.15, 0.2) is 28.7 Å². The van der Waals surface area contributed by atoms with E-state index in [2.05, 4.69) is 66.5 Å². The maximum atomic E-state index is 4.28. The Balaban J connectivity index is 2.56. The van der Waals surface area contributed by atoms with Gasteiger partial charge in [-0.3, -0.25) is 0 Å². The summed E-state index contributed by atoms with van der Waals surface area (Å²) in [4.78, 5) is 0. The van der Waals surface area contributed by atoms with Crippen LogP contribution in [-0.2, 0) is 5.33 Å². The summed E-state index contributed by atoms with van der Waals surface area (Å²) in [6.07, 6.45) is 0. The zero-order valence-corrected chi connectivity index (χ0v) is 12.9. The molecule has 0 unspecified atom stereocenters. The standard InChI is InChI=1S/C12H13Br2N3/c1-8(2)17-11(7-13)15-16-12(17)9-4-3-5-10(14)6-9/h3-6,8H,7H2,1-2H3. The molecule has 0 saturated heterocycles. The van der Waals surface area contributed by atoms with Crippen LogP contribution in [0.3, 0.4) is 0 Å². The van der Waals surface area contributed by atoms with Crippen molar-refractivity contribution in [3.8, 4) is 11.4 Å². The molecule has 0 saturated carbocycles. The van der Waals surface area contributed by atoms with Gasteiger partial charge in [0, 0.05) is 16.1 Å². The molecular formula is C12H13Br2N3. The summed E-state index contributed by atoms with van der Waals surface area (Å²) >= 11 is 6.92. The molecule has 0 spiro atoms. The third-order valence-corrected chi connectivity index (χ3v) is 3.48. The highest BCUT2D eigenvalue weighted by Gasteiger charge is 2.15. The van der Waals surface area contributed by atoms with Gasteiger partial charge in [-0.05, 0) is 26.0 Å². The van der Waals surface area contributed by atoms with E-state index >= 15 is 0 Å². The highest BCUT2D eigenvalue weighted by atomic mass is 79.9. The van der Waals surface area contributed by atoms with Gasteiger partial charge in [-0.25, -0.2) is 0 Å². The molecule has 90 valence electrons. The smallest absolute Gasteiger partial charge is 0.164 e. The van der Waals surface area contributed by atoms with E-state index in [1.54, 1.807) is 0 Å². The van der Waals surface area contributed by atoms with Crippen LogP contribution >= 0.6 is 31.9 Å². The minimum absolute atomic E-state index is 0.339. The van der Waals surface area contributed by atoms with E-state index in [0.29, 0.717) is 11.4 Å². The third kappa shape index (κ3) is 2.60. The molecule has 0 radical (unpaired) electrons. The molecule has 0 aliphatic rings. The summed E-state index contributed by atoms with van der Waals surface area (Å²) in [6.45, 7) is 4.27. The Morgan fingerprint density at radius 3 is 2.65 bits per heavy atom. The van der Waals surface area contributed by atoms with Crippen molar-refractivity contribution in [1.82, 2.24) is 14.8 Å². The molecule has 17 heavy (non-hydrogen) atoms. The minimum Gasteiger partial charge on any atom is -0.308 e. The fraction of sp³-hybridized carbons (Fsp3) is 0.333. The highest BCUT2D eigenvalue weighted by Crippen LogP contribution is 2.25. The lowest BCUT2D eigenvalue weighted by atomic mass is 10.2. The maximum Gasteiger partial charge on any atom is 0.164 e. The first kappa shape index (κ1) is 12.8. The average Bonchev–Trinajstić information content (AvgIpc) is 2.72. The summed E-state index contributed by atoms with van der Waals surface area (Å²) in [5, 5.41) is 9.21. The second-order valence-electron chi connectivity index (χ2n) is 4.05. The van der Waals surface area contributed by atoms with E-state index < -0.39 is 0 Å². The van der Waals surface area contributed by atoms with E-state index in [-0.39, 0.29) is 0 Å². The van der Waals surface area contributed by atoms with Gasteiger partial charge >= 0.3 is 0 Å². The first-order valence-electron chi connectivity index (χ1n) is 5.39. The van der Waals surface area contributed by atoms with Crippen LogP contribution in [0.25, 0.3) is 11.4 Å². The van der Waals surface area contributed by atoms with E-state index in [1.807, 2.05) is 18.2 Å². The molecule has 0 aliphatic carbocycles. The van der Waals surface area contributed by atoms with Crippen molar-refractivity contribution in [1.29, 1.82) is 0 Å². The van der Waals surface area contributed by atoms with Gasteiger partial charge in [0.2, 0.25) is 0 Å². The Morgan fingerprint density at radius 1 is 1.29 bits per heavy atom. The highest BCUT2D eigenvalue weighted by molar-refractivity contribution is 9.10. The van der Waals surface area contributed by atoms with Crippen molar-refractivity contribution in [2.75, 3.05) is 0 Å². The first-order valence-corrected chi connectivity index (χ1v) is 7.30. The largest absolute Gasteiger partial charge is 0.308 e. The molecule has 0 N–H and O–H groups in total. The van der Waals surface area contributed by atoms with Crippen molar-refractivity contribution in [3.05, 3.63) is 34.6 Å². The van der Waals surface area contributed by atoms with Gasteiger partial charge in [-0.1, -0.05) is 44.0 Å². The van der Waals surface area contributed by atoms with Crippen molar-refractivity contribution in [2.24, 2.45) is 0 Å². The zero-order valence-electron chi connectivity index (χ0n) is 9.69. The van der Waals surface area contributed by atoms with Gasteiger partial charge in [-0.2, -0.15) is 0 Å². The van der Waals surface area contributed by atoms with Crippen molar-refractivity contribution < 1.29 is 0 Å². The summed E-state index contributed by atoms with van der Waals surface area (Å²) < 4.78 is 3.20. The SMILES string of the molecule is CC(C)n1c(CBr)nnc1-c1cccc(Br)c1. The monoisotopic (exact) mass is 357 g/mol. The second kappa shape index (κ2) is 5.31. The van der Waals surface area contributed by atoms with Crippen LogP contribution in [0.2, 0.25) is 0 Å². The molecule has 3 nitrogen and oxygen atoms in total. The lowest BCUT2D eigenvalue weighted by molar-refractivity contribution is 0.586. The zero-order chi connectivity index (χ0) is 12.4. The molecule has 0 atom stereocenters. The lowest BCUT2D eigenvalue weighted by Crippen LogP contribution is -2.06. The Bertz CT molecular complexity index is 520. The summed E-state index contributed by atoms with van der Waals surface area (Å²) in [7, 11) is 0. The summed E-state index contributed by atoms with van der Waals surface area (Å²) in [6, 6.07) is 8.45. The molecule has 2 aromatic rings. The van der Waals surface area contributed by atoms with Crippen molar-refractivity contribution >= 4 is 31.9 Å². The Morgan fingerprint density at radius 2 is 2.06 bits per heavy atom. The van der Waals surface area contributed by atoms with Crippen molar-refractivity contribution in [3.63, 3.8) is 0 Å². The molecule has 1 heterocycles. The quantitative estimate of drug-likeness (QED) is 0.770. The average molecular weight is 359 g/mol. The predicted octanol–water partition coefficient (Wildman–Crippen LogP) is 4.18. The number of aromatic nitrogens is 3. The molecule has 1 aromatic heterocycles. The van der Waals surface area contributed by atoms with Gasteiger partial charge in [-0.15, -0.1) is 10.2 Å². The molecule has 1 aromatic carbocycles. The topological polar surface area (TPSA) is 30.7 Å². The van der Waals surface area contributed by atoms with Gasteiger partial charge in [0.15, 0.2) is 5.82 Å². The normalized spacial score (nSPS) is 11.1. The van der Waals surface area contributed by atoms with E-state index in [4.69, 9.17) is 0 Å². The van der Waals surface area contributed by atoms with Gasteiger partial charge in [0.05, 0.1) is 5.33 Å². The van der Waals surface area contributed by atoms with Crippen LogP contribution in [0, 0.1) is 0 Å². The Hall–Kier alpha value is -0.680. The molecule has 0 bridgehead atoms. The van der Waals surface area contributed by atoms with Crippen LogP contribution in [-0.4, -0.2) is 14.8 Å². The van der Waals surface area contributed by atoms with E-state index in [1.165, 1.54) is 0 Å². The van der Waals surface area contributed by atoms with E-state index in [0.717, 1.165) is 21.7 Å². The fourth-order valence-electron chi connectivity index (χ4n) is 1.78. The first-order chi connectivity index (χ1) is 8.13. The summed E-state index contributed by atoms with van der Waals surface area (Å²) in [5.41, 5.74) is 1.08. The molecule has 2 rings (SSSR count). The molecule has 0 amide bonds. The van der Waals surface area contributed by atoms with Gasteiger partial charge in [0.25, 0.3) is 0 Å². The Kier molecular flexibility index (Phi) is 3.99. The van der Waals surface area contributed by atoms with Gasteiger partial charge in [0.1, 0.15) is 5.82 Å². The number of hydrogen-bond donors (Lipinski definition) is 0. The predicted molar refractivity (Wildman–Crippen MR) is 76.2 cm³/mol. The van der Waals surface area contributed by atoms with Crippen molar-refractivity contribution in [2.45, 2.75) is 25.2 Å². The van der Waals surface area contributed by atoms with Gasteiger partial charge < -0.3 is 4.57 Å². The molecule has 5 heteroatoms. The third-order valence-electron chi connectivity index (χ3n) is 2.49. The van der Waals surface area contributed by atoms with Crippen LogP contribution in [0.1, 0.15) is 25.7 Å². The maximum absolute atomic E-state index is 4.28. The van der Waals surface area contributed by atoms with Crippen LogP contribution in [0.4, 0.5) is 0 Å². The fourth-order valence-corrected chi connectivity index (χ4v) is 2.56. The number of hydrogen-bond acceptors (Lipinski definition) is 2. The minimum atomic E-state index is 0.339. The summed E-state index contributed by atoms with van der Waals surface area (Å²) in [5.74, 6) is 1.87. The van der Waals surface area contributed by atoms with Crippen LogP contribution in [0.5, 0.6) is 0 Å². The number of rotatable bonds is 3. The number of halogens is 2. The lowest BCUT2D eigenvalue weighted by Gasteiger charge is -2.13. The van der Waals surface area contributed by atoms with Crippen LogP contribution < -0.4 is 0 Å². The Labute approximate surface area is 118 Å². The molecule has 0 fully saturated rings. The number of benzene rings is 1. The second-order valence-corrected chi connectivity index (χ2v) is 5.52. The number of alkyl halides is 1. The molecular weight excluding hydrogens is 346 g/mol. The molecule has 0 aliphatic heterocycles.